The van der Waals surface area contributed by atoms with Crippen molar-refractivity contribution in [1.29, 1.82) is 0 Å². The van der Waals surface area contributed by atoms with Crippen LogP contribution in [0.5, 0.6) is 0 Å². The van der Waals surface area contributed by atoms with Gasteiger partial charge in [0, 0.05) is 0 Å². The van der Waals surface area contributed by atoms with Crippen LogP contribution in [0.1, 0.15) is 40.5 Å². The quantitative estimate of drug-likeness (QED) is 0.609. The maximum atomic E-state index is 10.1. The van der Waals surface area contributed by atoms with E-state index in [4.69, 9.17) is 9.47 Å². The van der Waals surface area contributed by atoms with Gasteiger partial charge in [0.05, 0.1) is 0 Å². The van der Waals surface area contributed by atoms with Gasteiger partial charge in [0.2, 0.25) is 0 Å². The minimum absolute atomic E-state index is 0.687. The molecule has 2 bridgehead atoms. The highest BCUT2D eigenvalue weighted by Gasteiger charge is 2.67. The molecule has 3 fully saturated rings. The van der Waals surface area contributed by atoms with E-state index in [0.29, 0.717) is 12.8 Å². The van der Waals surface area contributed by atoms with Gasteiger partial charge in [-0.05, 0) is 40.5 Å². The molecular formula is C10H18O4. The summed E-state index contributed by atoms with van der Waals surface area (Å²) in [6, 6.07) is 0. The molecule has 0 radical (unpaired) electrons. The van der Waals surface area contributed by atoms with Crippen molar-refractivity contribution in [2.75, 3.05) is 0 Å². The fourth-order valence-electron chi connectivity index (χ4n) is 2.33. The van der Waals surface area contributed by atoms with Crippen LogP contribution in [0.2, 0.25) is 0 Å². The molecule has 2 N–H and O–H groups in total. The van der Waals surface area contributed by atoms with Gasteiger partial charge < -0.3 is 19.7 Å². The van der Waals surface area contributed by atoms with Crippen LogP contribution in [0.4, 0.5) is 0 Å². The second kappa shape index (κ2) is 2.32. The van der Waals surface area contributed by atoms with Crippen molar-refractivity contribution < 1.29 is 19.7 Å². The first-order valence-corrected chi connectivity index (χ1v) is 4.97. The second-order valence-corrected chi connectivity index (χ2v) is 5.13. The van der Waals surface area contributed by atoms with Crippen LogP contribution < -0.4 is 0 Å². The summed E-state index contributed by atoms with van der Waals surface area (Å²) in [6.45, 7) is 6.69. The lowest BCUT2D eigenvalue weighted by molar-refractivity contribution is -0.497. The first-order chi connectivity index (χ1) is 6.12. The van der Waals surface area contributed by atoms with Crippen LogP contribution >= 0.6 is 0 Å². The summed E-state index contributed by atoms with van der Waals surface area (Å²) in [7, 11) is 0. The zero-order valence-corrected chi connectivity index (χ0v) is 9.13. The van der Waals surface area contributed by atoms with Crippen LogP contribution in [0, 0.1) is 0 Å². The molecule has 0 spiro atoms. The maximum absolute atomic E-state index is 10.1. The summed E-state index contributed by atoms with van der Waals surface area (Å²) >= 11 is 0. The van der Waals surface area contributed by atoms with Crippen molar-refractivity contribution >= 4 is 0 Å². The average molecular weight is 202 g/mol. The fraction of sp³-hybridized carbons (Fsp3) is 1.00. The molecule has 3 aliphatic heterocycles. The van der Waals surface area contributed by atoms with Crippen molar-refractivity contribution in [2.45, 2.75) is 63.3 Å². The minimum atomic E-state index is -1.33. The Kier molecular flexibility index (Phi) is 1.72. The van der Waals surface area contributed by atoms with E-state index in [1.807, 2.05) is 0 Å². The number of ether oxygens (including phenoxy) is 2. The molecule has 0 aromatic heterocycles. The van der Waals surface area contributed by atoms with E-state index in [-0.39, 0.29) is 0 Å². The number of hydrogen-bond acceptors (Lipinski definition) is 4. The standard InChI is InChI=1S/C10H18O4/c1-7-5-6-8(2,10(4,12)13-7)14-9(7,3)11/h11-12H,5-6H2,1-4H3/t7-,8+,9-,10-/m1/s1. The van der Waals surface area contributed by atoms with E-state index < -0.39 is 22.8 Å². The molecule has 4 atom stereocenters. The molecule has 0 aromatic rings. The van der Waals surface area contributed by atoms with Crippen LogP contribution in [-0.2, 0) is 9.47 Å². The largest absolute Gasteiger partial charge is 0.363 e. The van der Waals surface area contributed by atoms with Gasteiger partial charge in [-0.3, -0.25) is 0 Å². The van der Waals surface area contributed by atoms with Crippen molar-refractivity contribution in [2.24, 2.45) is 0 Å². The third-order valence-electron chi connectivity index (χ3n) is 3.89. The first kappa shape index (κ1) is 10.4. The zero-order chi connectivity index (χ0) is 10.8. The summed E-state index contributed by atoms with van der Waals surface area (Å²) in [5.41, 5.74) is -1.65. The van der Waals surface area contributed by atoms with Gasteiger partial charge in [0.1, 0.15) is 11.2 Å². The maximum Gasteiger partial charge on any atom is 0.192 e. The molecule has 0 unspecified atom stereocenters. The highest BCUT2D eigenvalue weighted by Crippen LogP contribution is 2.54. The molecule has 0 aromatic carbocycles. The van der Waals surface area contributed by atoms with Gasteiger partial charge in [-0.25, -0.2) is 0 Å². The lowest BCUT2D eigenvalue weighted by Gasteiger charge is -2.63. The SMILES string of the molecule is C[C@@]12CC[C@](C)(O[C@@]1(C)O)[C@](C)(O)O2. The Morgan fingerprint density at radius 1 is 0.786 bits per heavy atom. The van der Waals surface area contributed by atoms with E-state index in [1.54, 1.807) is 27.7 Å². The van der Waals surface area contributed by atoms with Crippen LogP contribution in [0.15, 0.2) is 0 Å². The number of rotatable bonds is 0. The van der Waals surface area contributed by atoms with Crippen molar-refractivity contribution in [3.63, 3.8) is 0 Å². The number of aliphatic hydroxyl groups is 2. The summed E-state index contributed by atoms with van der Waals surface area (Å²) in [6.07, 6.45) is 1.37. The average Bonchev–Trinajstić information content (AvgIpc) is 1.94. The predicted octanol–water partition coefficient (Wildman–Crippen LogP) is 0.761. The zero-order valence-electron chi connectivity index (χ0n) is 9.13. The Balaban J connectivity index is 2.43. The van der Waals surface area contributed by atoms with Crippen LogP contribution in [0.3, 0.4) is 0 Å². The smallest absolute Gasteiger partial charge is 0.192 e. The molecule has 0 amide bonds. The van der Waals surface area contributed by atoms with Crippen molar-refractivity contribution in [1.82, 2.24) is 0 Å². The molecule has 4 nitrogen and oxygen atoms in total. The van der Waals surface area contributed by atoms with Gasteiger partial charge in [-0.15, -0.1) is 0 Å². The molecule has 3 saturated heterocycles. The molecule has 14 heavy (non-hydrogen) atoms. The summed E-state index contributed by atoms with van der Waals surface area (Å²) in [5, 5.41) is 20.1. The van der Waals surface area contributed by atoms with E-state index in [2.05, 4.69) is 0 Å². The summed E-state index contributed by atoms with van der Waals surface area (Å²) < 4.78 is 11.1. The molecule has 3 rings (SSSR count). The molecule has 3 aliphatic rings. The van der Waals surface area contributed by atoms with Gasteiger partial charge in [0.15, 0.2) is 11.6 Å². The van der Waals surface area contributed by atoms with Gasteiger partial charge >= 0.3 is 0 Å². The van der Waals surface area contributed by atoms with Gasteiger partial charge in [0.25, 0.3) is 0 Å². The Morgan fingerprint density at radius 2 is 1.07 bits per heavy atom. The molecule has 0 aliphatic carbocycles. The molecule has 3 heterocycles. The topological polar surface area (TPSA) is 58.9 Å². The predicted molar refractivity (Wildman–Crippen MR) is 49.5 cm³/mol. The molecule has 0 saturated carbocycles. The molecular weight excluding hydrogens is 184 g/mol. The van der Waals surface area contributed by atoms with E-state index in [0.717, 1.165) is 0 Å². The van der Waals surface area contributed by atoms with E-state index in [1.165, 1.54) is 0 Å². The molecule has 4 heteroatoms. The third kappa shape index (κ3) is 1.03. The highest BCUT2D eigenvalue weighted by atomic mass is 16.8. The highest BCUT2D eigenvalue weighted by molar-refractivity contribution is 5.08. The molecule has 82 valence electrons. The van der Waals surface area contributed by atoms with E-state index >= 15 is 0 Å². The number of hydrogen-bond donors (Lipinski definition) is 2. The van der Waals surface area contributed by atoms with Crippen LogP contribution in [-0.4, -0.2) is 33.0 Å². The lowest BCUT2D eigenvalue weighted by atomic mass is 9.74. The third-order valence-corrected chi connectivity index (χ3v) is 3.89. The van der Waals surface area contributed by atoms with Gasteiger partial charge in [-0.2, -0.15) is 0 Å². The first-order valence-electron chi connectivity index (χ1n) is 4.97. The van der Waals surface area contributed by atoms with Gasteiger partial charge in [-0.1, -0.05) is 0 Å². The minimum Gasteiger partial charge on any atom is -0.363 e. The summed E-state index contributed by atoms with van der Waals surface area (Å²) in [5.74, 6) is -2.66. The Hall–Kier alpha value is -0.160. The normalized spacial score (nSPS) is 63.0. The Labute approximate surface area is 83.8 Å². The Bertz CT molecular complexity index is 245. The summed E-state index contributed by atoms with van der Waals surface area (Å²) in [4.78, 5) is 0. The second-order valence-electron chi connectivity index (χ2n) is 5.13. The fourth-order valence-corrected chi connectivity index (χ4v) is 2.33. The van der Waals surface area contributed by atoms with Crippen molar-refractivity contribution in [3.05, 3.63) is 0 Å². The monoisotopic (exact) mass is 202 g/mol. The number of fused-ring (bicyclic) bond motifs is 3. The Morgan fingerprint density at radius 3 is 1.29 bits per heavy atom. The van der Waals surface area contributed by atoms with Crippen LogP contribution in [0.25, 0.3) is 0 Å². The van der Waals surface area contributed by atoms with Crippen molar-refractivity contribution in [3.8, 4) is 0 Å². The van der Waals surface area contributed by atoms with E-state index in [9.17, 15) is 10.2 Å². The lowest BCUT2D eigenvalue weighted by Crippen LogP contribution is -2.76.